The third-order valence-corrected chi connectivity index (χ3v) is 4.04. The van der Waals surface area contributed by atoms with Crippen LogP contribution >= 0.6 is 15.9 Å². The zero-order valence-electron chi connectivity index (χ0n) is 15.3. The van der Waals surface area contributed by atoms with Crippen LogP contribution in [0.2, 0.25) is 0 Å². The Kier molecular flexibility index (Phi) is 8.41. The Balaban J connectivity index is 1.65. The van der Waals surface area contributed by atoms with E-state index in [-0.39, 0.29) is 5.69 Å². The van der Waals surface area contributed by atoms with Crippen molar-refractivity contribution < 1.29 is 32.7 Å². The summed E-state index contributed by atoms with van der Waals surface area (Å²) in [5.74, 6) is -4.97. The van der Waals surface area contributed by atoms with E-state index in [4.69, 9.17) is 4.74 Å². The highest BCUT2D eigenvalue weighted by Gasteiger charge is 2.12. The van der Waals surface area contributed by atoms with E-state index in [0.717, 1.165) is 22.7 Å². The van der Waals surface area contributed by atoms with Crippen LogP contribution in [-0.4, -0.2) is 43.4 Å². The van der Waals surface area contributed by atoms with E-state index in [1.165, 1.54) is 0 Å². The smallest absolute Gasteiger partial charge is 0.325 e. The van der Waals surface area contributed by atoms with Crippen molar-refractivity contribution in [1.82, 2.24) is 10.6 Å². The van der Waals surface area contributed by atoms with E-state index in [1.54, 1.807) is 24.3 Å². The van der Waals surface area contributed by atoms with Crippen LogP contribution in [0.4, 0.5) is 14.5 Å². The Morgan fingerprint density at radius 3 is 2.23 bits per heavy atom. The fraction of sp³-hybridized carbons (Fsp3) is 0.158. The minimum atomic E-state index is -1.13. The van der Waals surface area contributed by atoms with Crippen molar-refractivity contribution in [3.63, 3.8) is 0 Å². The van der Waals surface area contributed by atoms with E-state index in [2.05, 4.69) is 31.9 Å². The Labute approximate surface area is 178 Å². The average molecular weight is 484 g/mol. The van der Waals surface area contributed by atoms with Gasteiger partial charge in [0.25, 0.3) is 11.8 Å². The van der Waals surface area contributed by atoms with Crippen LogP contribution < -0.4 is 16.0 Å². The van der Waals surface area contributed by atoms with Gasteiger partial charge in [0.2, 0.25) is 5.91 Å². The maximum Gasteiger partial charge on any atom is 0.325 e. The number of amides is 3. The van der Waals surface area contributed by atoms with Crippen LogP contribution in [0, 0.1) is 11.6 Å². The van der Waals surface area contributed by atoms with E-state index in [0.29, 0.717) is 5.56 Å². The molecule has 0 aliphatic rings. The number of benzene rings is 2. The summed E-state index contributed by atoms with van der Waals surface area (Å²) < 4.78 is 31.4. The predicted octanol–water partition coefficient (Wildman–Crippen LogP) is 1.76. The van der Waals surface area contributed by atoms with Crippen molar-refractivity contribution in [2.75, 3.05) is 25.0 Å². The number of esters is 1. The number of carbonyl (C=O) groups is 4. The summed E-state index contributed by atoms with van der Waals surface area (Å²) in [6.45, 7) is -1.58. The lowest BCUT2D eigenvalue weighted by atomic mass is 10.2. The lowest BCUT2D eigenvalue weighted by molar-refractivity contribution is -0.147. The van der Waals surface area contributed by atoms with Crippen molar-refractivity contribution >= 4 is 45.3 Å². The van der Waals surface area contributed by atoms with Gasteiger partial charge in [-0.1, -0.05) is 15.9 Å². The quantitative estimate of drug-likeness (QED) is 0.495. The van der Waals surface area contributed by atoms with Crippen LogP contribution in [0.15, 0.2) is 46.9 Å². The van der Waals surface area contributed by atoms with E-state index >= 15 is 0 Å². The molecule has 0 atom stereocenters. The van der Waals surface area contributed by atoms with Gasteiger partial charge in [-0.05, 0) is 36.4 Å². The van der Waals surface area contributed by atoms with Crippen LogP contribution in [0.25, 0.3) is 0 Å². The Morgan fingerprint density at radius 1 is 0.867 bits per heavy atom. The summed E-state index contributed by atoms with van der Waals surface area (Å²) in [6, 6.07) is 9.24. The van der Waals surface area contributed by atoms with Crippen LogP contribution in [-0.2, 0) is 19.1 Å². The van der Waals surface area contributed by atoms with Crippen molar-refractivity contribution in [2.45, 2.75) is 0 Å². The largest absolute Gasteiger partial charge is 0.454 e. The first kappa shape index (κ1) is 22.9. The second kappa shape index (κ2) is 11.0. The van der Waals surface area contributed by atoms with Gasteiger partial charge in [-0.25, -0.2) is 8.78 Å². The number of carbonyl (C=O) groups excluding carboxylic acids is 4. The molecule has 0 bridgehead atoms. The highest BCUT2D eigenvalue weighted by molar-refractivity contribution is 9.10. The highest BCUT2D eigenvalue weighted by Crippen LogP contribution is 2.12. The molecule has 0 heterocycles. The minimum Gasteiger partial charge on any atom is -0.454 e. The van der Waals surface area contributed by atoms with E-state index < -0.39 is 55.0 Å². The standard InChI is InChI=1S/C19H16BrF2N3O5/c20-12-3-1-11(2-4-12)19(29)24-9-18(28)30-10-17(27)23-8-16(26)25-13-5-6-14(21)15(22)7-13/h1-7H,8-10H2,(H,23,27)(H,24,29)(H,25,26). The normalized spacial score (nSPS) is 10.1. The molecule has 0 spiro atoms. The molecular formula is C19H16BrF2N3O5. The summed E-state index contributed by atoms with van der Waals surface area (Å²) in [5, 5.41) is 6.80. The number of hydrogen-bond donors (Lipinski definition) is 3. The molecule has 0 aliphatic heterocycles. The monoisotopic (exact) mass is 483 g/mol. The fourth-order valence-corrected chi connectivity index (χ4v) is 2.33. The summed E-state index contributed by atoms with van der Waals surface area (Å²) in [4.78, 5) is 46.8. The van der Waals surface area contributed by atoms with Gasteiger partial charge in [0.05, 0.1) is 6.54 Å². The first-order valence-corrected chi connectivity index (χ1v) is 9.25. The first-order valence-electron chi connectivity index (χ1n) is 8.45. The van der Waals surface area contributed by atoms with Crippen molar-refractivity contribution in [3.05, 3.63) is 64.1 Å². The molecule has 30 heavy (non-hydrogen) atoms. The van der Waals surface area contributed by atoms with Gasteiger partial charge in [-0.15, -0.1) is 0 Å². The molecule has 3 N–H and O–H groups in total. The summed E-state index contributed by atoms with van der Waals surface area (Å²) >= 11 is 3.24. The zero-order valence-corrected chi connectivity index (χ0v) is 16.9. The molecule has 0 saturated carbocycles. The molecule has 0 unspecified atom stereocenters. The van der Waals surface area contributed by atoms with E-state index in [9.17, 15) is 28.0 Å². The topological polar surface area (TPSA) is 114 Å². The fourth-order valence-electron chi connectivity index (χ4n) is 2.06. The molecule has 2 aromatic rings. The third-order valence-electron chi connectivity index (χ3n) is 3.51. The predicted molar refractivity (Wildman–Crippen MR) is 105 cm³/mol. The van der Waals surface area contributed by atoms with Gasteiger partial charge in [-0.2, -0.15) is 0 Å². The van der Waals surface area contributed by atoms with Crippen LogP contribution in [0.1, 0.15) is 10.4 Å². The maximum atomic E-state index is 13.1. The third kappa shape index (κ3) is 7.59. The van der Waals surface area contributed by atoms with Crippen molar-refractivity contribution in [3.8, 4) is 0 Å². The number of nitrogens with one attached hydrogen (secondary N) is 3. The van der Waals surface area contributed by atoms with Gasteiger partial charge >= 0.3 is 5.97 Å². The number of ether oxygens (including phenoxy) is 1. The first-order chi connectivity index (χ1) is 14.2. The number of anilines is 1. The lowest BCUT2D eigenvalue weighted by Gasteiger charge is -2.08. The molecule has 0 radical (unpaired) electrons. The van der Waals surface area contributed by atoms with Gasteiger partial charge in [0.1, 0.15) is 6.54 Å². The highest BCUT2D eigenvalue weighted by atomic mass is 79.9. The van der Waals surface area contributed by atoms with Gasteiger partial charge in [0.15, 0.2) is 18.2 Å². The maximum absolute atomic E-state index is 13.1. The Bertz CT molecular complexity index is 954. The average Bonchev–Trinajstić information content (AvgIpc) is 2.72. The van der Waals surface area contributed by atoms with Crippen molar-refractivity contribution in [2.24, 2.45) is 0 Å². The molecule has 158 valence electrons. The summed E-state index contributed by atoms with van der Waals surface area (Å²) in [6.07, 6.45) is 0. The second-order valence-electron chi connectivity index (χ2n) is 5.80. The van der Waals surface area contributed by atoms with Gasteiger partial charge < -0.3 is 20.7 Å². The minimum absolute atomic E-state index is 0.0149. The van der Waals surface area contributed by atoms with Crippen LogP contribution in [0.3, 0.4) is 0 Å². The van der Waals surface area contributed by atoms with Gasteiger partial charge in [0, 0.05) is 21.8 Å². The number of hydrogen-bond acceptors (Lipinski definition) is 5. The summed E-state index contributed by atoms with van der Waals surface area (Å²) in [7, 11) is 0. The SMILES string of the molecule is O=C(COC(=O)CNC(=O)c1ccc(Br)cc1)NCC(=O)Nc1ccc(F)c(F)c1. The molecule has 8 nitrogen and oxygen atoms in total. The Hall–Kier alpha value is -3.34. The zero-order chi connectivity index (χ0) is 22.1. The molecule has 0 aromatic heterocycles. The van der Waals surface area contributed by atoms with Gasteiger partial charge in [-0.3, -0.25) is 19.2 Å². The molecule has 2 aromatic carbocycles. The number of rotatable bonds is 8. The molecule has 2 rings (SSSR count). The second-order valence-corrected chi connectivity index (χ2v) is 6.72. The molecular weight excluding hydrogens is 468 g/mol. The van der Waals surface area contributed by atoms with Crippen molar-refractivity contribution in [1.29, 1.82) is 0 Å². The number of halogens is 3. The van der Waals surface area contributed by atoms with E-state index in [1.807, 2.05) is 0 Å². The Morgan fingerprint density at radius 2 is 1.57 bits per heavy atom. The molecule has 0 fully saturated rings. The molecule has 0 aliphatic carbocycles. The molecule has 11 heteroatoms. The summed E-state index contributed by atoms with van der Waals surface area (Å²) in [5.41, 5.74) is 0.358. The van der Waals surface area contributed by atoms with Crippen LogP contribution in [0.5, 0.6) is 0 Å². The molecule has 3 amide bonds. The lowest BCUT2D eigenvalue weighted by Crippen LogP contribution is -2.37. The molecule has 0 saturated heterocycles.